The molecule has 0 aliphatic carbocycles. The second-order valence-electron chi connectivity index (χ2n) is 4.51. The number of thiol groups is 1. The molecule has 3 nitrogen and oxygen atoms in total. The lowest BCUT2D eigenvalue weighted by Gasteiger charge is -2.17. The van der Waals surface area contributed by atoms with Gasteiger partial charge in [0.05, 0.1) is 10.9 Å². The number of aromatic nitrogens is 2. The zero-order valence-corrected chi connectivity index (χ0v) is 11.1. The van der Waals surface area contributed by atoms with Crippen LogP contribution in [0.5, 0.6) is 0 Å². The maximum Gasteiger partial charge on any atom is 0.262 e. The highest BCUT2D eigenvalue weighted by molar-refractivity contribution is 8.01. The van der Waals surface area contributed by atoms with Gasteiger partial charge in [-0.3, -0.25) is 9.36 Å². The minimum atomic E-state index is -0.0281. The average molecular weight is 264 g/mol. The number of para-hydroxylation sites is 1. The van der Waals surface area contributed by atoms with Crippen LogP contribution >= 0.6 is 24.4 Å². The molecule has 5 heteroatoms. The SMILES string of the molecule is C[C@@]1(CS)Cn2c(nc3ccccc3c2=O)S1. The van der Waals surface area contributed by atoms with Crippen molar-refractivity contribution < 1.29 is 0 Å². The Balaban J connectivity index is 2.28. The Morgan fingerprint density at radius 1 is 1.53 bits per heavy atom. The predicted molar refractivity (Wildman–Crippen MR) is 74.1 cm³/mol. The molecule has 0 N–H and O–H groups in total. The van der Waals surface area contributed by atoms with E-state index in [1.54, 1.807) is 16.3 Å². The van der Waals surface area contributed by atoms with E-state index < -0.39 is 0 Å². The maximum absolute atomic E-state index is 12.3. The molecule has 3 rings (SSSR count). The third-order valence-corrected chi connectivity index (χ3v) is 5.16. The first kappa shape index (κ1) is 11.2. The largest absolute Gasteiger partial charge is 0.286 e. The minimum absolute atomic E-state index is 0.0281. The molecule has 0 amide bonds. The molecule has 0 bridgehead atoms. The molecule has 1 aromatic heterocycles. The lowest BCUT2D eigenvalue weighted by molar-refractivity contribution is 0.553. The highest BCUT2D eigenvalue weighted by Crippen LogP contribution is 2.39. The van der Waals surface area contributed by atoms with E-state index in [1.165, 1.54) is 0 Å². The van der Waals surface area contributed by atoms with E-state index in [0.717, 1.165) is 16.4 Å². The number of rotatable bonds is 1. The summed E-state index contributed by atoms with van der Waals surface area (Å²) in [6.07, 6.45) is 0. The predicted octanol–water partition coefficient (Wildman–Crippen LogP) is 2.19. The van der Waals surface area contributed by atoms with Gasteiger partial charge in [-0.15, -0.1) is 0 Å². The van der Waals surface area contributed by atoms with Crippen LogP contribution in [0.4, 0.5) is 0 Å². The third-order valence-electron chi connectivity index (χ3n) is 2.99. The summed E-state index contributed by atoms with van der Waals surface area (Å²) >= 11 is 6.00. The van der Waals surface area contributed by atoms with Crippen molar-refractivity contribution in [3.05, 3.63) is 34.6 Å². The molecule has 0 saturated heterocycles. The monoisotopic (exact) mass is 264 g/mol. The van der Waals surface area contributed by atoms with Crippen LogP contribution in [0.2, 0.25) is 0 Å². The van der Waals surface area contributed by atoms with Gasteiger partial charge in [0.15, 0.2) is 5.16 Å². The Bertz CT molecular complexity index is 652. The molecule has 17 heavy (non-hydrogen) atoms. The first-order valence-electron chi connectivity index (χ1n) is 5.42. The van der Waals surface area contributed by atoms with Gasteiger partial charge in [-0.2, -0.15) is 12.6 Å². The van der Waals surface area contributed by atoms with E-state index in [1.807, 2.05) is 24.3 Å². The molecule has 1 atom stereocenters. The third kappa shape index (κ3) is 1.68. The van der Waals surface area contributed by atoms with Crippen molar-refractivity contribution in [1.29, 1.82) is 0 Å². The Hall–Kier alpha value is -0.940. The molecule has 0 unspecified atom stereocenters. The van der Waals surface area contributed by atoms with E-state index in [-0.39, 0.29) is 10.3 Å². The van der Waals surface area contributed by atoms with E-state index in [0.29, 0.717) is 11.9 Å². The molecule has 2 heterocycles. The Morgan fingerprint density at radius 3 is 3.06 bits per heavy atom. The quantitative estimate of drug-likeness (QED) is 0.633. The summed E-state index contributed by atoms with van der Waals surface area (Å²) in [6.45, 7) is 2.80. The lowest BCUT2D eigenvalue weighted by Crippen LogP contribution is -2.28. The fraction of sp³-hybridized carbons (Fsp3) is 0.333. The molecule has 1 aliphatic rings. The average Bonchev–Trinajstić information content (AvgIpc) is 2.68. The van der Waals surface area contributed by atoms with Crippen molar-refractivity contribution in [2.24, 2.45) is 0 Å². The van der Waals surface area contributed by atoms with Crippen LogP contribution in [0.1, 0.15) is 6.92 Å². The van der Waals surface area contributed by atoms with E-state index in [2.05, 4.69) is 24.5 Å². The molecule has 0 saturated carbocycles. The van der Waals surface area contributed by atoms with Crippen LogP contribution in [0.15, 0.2) is 34.2 Å². The van der Waals surface area contributed by atoms with Crippen LogP contribution in [0, 0.1) is 0 Å². The highest BCUT2D eigenvalue weighted by Gasteiger charge is 2.34. The van der Waals surface area contributed by atoms with Crippen molar-refractivity contribution in [2.75, 3.05) is 5.75 Å². The van der Waals surface area contributed by atoms with Crippen LogP contribution < -0.4 is 5.56 Å². The van der Waals surface area contributed by atoms with E-state index in [9.17, 15) is 4.79 Å². The summed E-state index contributed by atoms with van der Waals surface area (Å²) in [6, 6.07) is 7.50. The molecule has 2 aromatic rings. The fourth-order valence-corrected chi connectivity index (χ4v) is 3.43. The van der Waals surface area contributed by atoms with Gasteiger partial charge in [0, 0.05) is 17.0 Å². The number of hydrogen-bond acceptors (Lipinski definition) is 4. The maximum atomic E-state index is 12.3. The van der Waals surface area contributed by atoms with Crippen molar-refractivity contribution in [1.82, 2.24) is 9.55 Å². The van der Waals surface area contributed by atoms with Crippen molar-refractivity contribution in [2.45, 2.75) is 23.4 Å². The van der Waals surface area contributed by atoms with Gasteiger partial charge in [-0.1, -0.05) is 23.9 Å². The highest BCUT2D eigenvalue weighted by atomic mass is 32.2. The van der Waals surface area contributed by atoms with Crippen LogP contribution in [0.25, 0.3) is 10.9 Å². The van der Waals surface area contributed by atoms with Crippen LogP contribution in [-0.2, 0) is 6.54 Å². The Kier molecular flexibility index (Phi) is 2.48. The zero-order chi connectivity index (χ0) is 12.0. The number of hydrogen-bond donors (Lipinski definition) is 1. The summed E-state index contributed by atoms with van der Waals surface area (Å²) in [5.41, 5.74) is 0.836. The van der Waals surface area contributed by atoms with E-state index in [4.69, 9.17) is 0 Å². The van der Waals surface area contributed by atoms with Crippen LogP contribution in [0.3, 0.4) is 0 Å². The van der Waals surface area contributed by atoms with E-state index >= 15 is 0 Å². The Morgan fingerprint density at radius 2 is 2.29 bits per heavy atom. The summed E-state index contributed by atoms with van der Waals surface area (Å²) in [5.74, 6) is 0.733. The summed E-state index contributed by atoms with van der Waals surface area (Å²) < 4.78 is 1.74. The molecule has 0 radical (unpaired) electrons. The number of fused-ring (bicyclic) bond motifs is 2. The van der Waals surface area contributed by atoms with Gasteiger partial charge in [-0.05, 0) is 19.1 Å². The number of thioether (sulfide) groups is 1. The molecule has 0 fully saturated rings. The summed E-state index contributed by atoms with van der Waals surface area (Å²) in [7, 11) is 0. The smallest absolute Gasteiger partial charge is 0.262 e. The van der Waals surface area contributed by atoms with Gasteiger partial charge in [0.25, 0.3) is 5.56 Å². The number of nitrogens with zero attached hydrogens (tertiary/aromatic N) is 2. The fourth-order valence-electron chi connectivity index (χ4n) is 2.03. The molecule has 1 aliphatic heterocycles. The van der Waals surface area contributed by atoms with Gasteiger partial charge in [-0.25, -0.2) is 4.98 Å². The Labute approximate surface area is 109 Å². The van der Waals surface area contributed by atoms with Crippen LogP contribution in [-0.4, -0.2) is 20.1 Å². The standard InChI is InChI=1S/C12H12N2OS2/c1-12(7-16)6-14-10(15)8-4-2-3-5-9(8)13-11(14)17-12/h2-5,16H,6-7H2,1H3/t12-/m0/s1. The van der Waals surface area contributed by atoms with Crippen molar-refractivity contribution in [3.8, 4) is 0 Å². The summed E-state index contributed by atoms with van der Waals surface area (Å²) in [4.78, 5) is 16.9. The molecular formula is C12H12N2OS2. The first-order valence-corrected chi connectivity index (χ1v) is 6.87. The molecular weight excluding hydrogens is 252 g/mol. The lowest BCUT2D eigenvalue weighted by atomic mass is 10.2. The van der Waals surface area contributed by atoms with Gasteiger partial charge < -0.3 is 0 Å². The topological polar surface area (TPSA) is 34.9 Å². The first-order chi connectivity index (χ1) is 8.13. The van der Waals surface area contributed by atoms with Gasteiger partial charge in [0.1, 0.15) is 0 Å². The van der Waals surface area contributed by atoms with Crippen molar-refractivity contribution >= 4 is 35.3 Å². The minimum Gasteiger partial charge on any atom is -0.286 e. The normalized spacial score (nSPS) is 22.9. The summed E-state index contributed by atoms with van der Waals surface area (Å²) in [5, 5.41) is 1.51. The molecule has 1 aromatic carbocycles. The second kappa shape index (κ2) is 3.78. The van der Waals surface area contributed by atoms with Gasteiger partial charge in [0.2, 0.25) is 0 Å². The van der Waals surface area contributed by atoms with Gasteiger partial charge >= 0.3 is 0 Å². The van der Waals surface area contributed by atoms with Crippen molar-refractivity contribution in [3.63, 3.8) is 0 Å². The number of benzene rings is 1. The zero-order valence-electron chi connectivity index (χ0n) is 9.38. The molecule has 88 valence electrons. The second-order valence-corrected chi connectivity index (χ2v) is 6.38. The molecule has 0 spiro atoms.